The van der Waals surface area contributed by atoms with E-state index in [-0.39, 0.29) is 12.0 Å². The molecular formula is C42H25N3S2. The molecule has 0 fully saturated rings. The monoisotopic (exact) mass is 635 g/mol. The van der Waals surface area contributed by atoms with Gasteiger partial charge < -0.3 is 4.90 Å². The maximum Gasteiger partial charge on any atom is 0.161 e. The van der Waals surface area contributed by atoms with Crippen molar-refractivity contribution in [2.24, 2.45) is 0 Å². The van der Waals surface area contributed by atoms with E-state index in [1.54, 1.807) is 11.3 Å². The molecule has 0 saturated carbocycles. The Bertz CT molecular complexity index is 2900. The summed E-state index contributed by atoms with van der Waals surface area (Å²) in [6, 6.07) is 46.4. The van der Waals surface area contributed by atoms with Crippen LogP contribution >= 0.6 is 22.7 Å². The van der Waals surface area contributed by atoms with Gasteiger partial charge in [0.25, 0.3) is 0 Å². The van der Waals surface area contributed by atoms with E-state index in [4.69, 9.17) is 9.97 Å². The molecule has 1 aliphatic carbocycles. The molecule has 2 atom stereocenters. The molecule has 0 N–H and O–H groups in total. The van der Waals surface area contributed by atoms with Crippen LogP contribution in [0.1, 0.15) is 11.5 Å². The Morgan fingerprint density at radius 1 is 0.553 bits per heavy atom. The smallest absolute Gasteiger partial charge is 0.161 e. The van der Waals surface area contributed by atoms with Gasteiger partial charge in [-0.2, -0.15) is 0 Å². The van der Waals surface area contributed by atoms with Crippen LogP contribution in [0.3, 0.4) is 0 Å². The lowest BCUT2D eigenvalue weighted by molar-refractivity contribution is 0.794. The van der Waals surface area contributed by atoms with Crippen LogP contribution < -0.4 is 15.3 Å². The van der Waals surface area contributed by atoms with Crippen LogP contribution in [0.15, 0.2) is 127 Å². The molecule has 3 aromatic heterocycles. The van der Waals surface area contributed by atoms with Crippen molar-refractivity contribution in [3.8, 4) is 11.3 Å². The Morgan fingerprint density at radius 3 is 2.09 bits per heavy atom. The molecule has 0 saturated heterocycles. The Hall–Kier alpha value is -5.36. The van der Waals surface area contributed by atoms with Gasteiger partial charge in [0.2, 0.25) is 0 Å². The number of fused-ring (bicyclic) bond motifs is 11. The van der Waals surface area contributed by atoms with E-state index in [1.807, 2.05) is 11.3 Å². The van der Waals surface area contributed by atoms with Crippen molar-refractivity contribution >= 4 is 97.7 Å². The van der Waals surface area contributed by atoms with Crippen molar-refractivity contribution in [3.63, 3.8) is 0 Å². The molecule has 2 unspecified atom stereocenters. The van der Waals surface area contributed by atoms with E-state index in [9.17, 15) is 0 Å². The van der Waals surface area contributed by atoms with Crippen LogP contribution in [0.2, 0.25) is 0 Å². The van der Waals surface area contributed by atoms with Crippen LogP contribution in [-0.4, -0.2) is 16.0 Å². The second kappa shape index (κ2) is 9.58. The number of hydrogen-bond donors (Lipinski definition) is 0. The van der Waals surface area contributed by atoms with E-state index < -0.39 is 0 Å². The fraction of sp³-hybridized carbons (Fsp3) is 0.0476. The highest BCUT2D eigenvalue weighted by Gasteiger charge is 2.40. The Kier molecular flexibility index (Phi) is 5.26. The van der Waals surface area contributed by atoms with Crippen molar-refractivity contribution in [2.45, 2.75) is 12.0 Å². The number of rotatable bonds is 2. The average Bonchev–Trinajstić information content (AvgIpc) is 3.77. The maximum atomic E-state index is 5.57. The Morgan fingerprint density at radius 2 is 1.23 bits per heavy atom. The summed E-state index contributed by atoms with van der Waals surface area (Å²) in [6.45, 7) is 0. The SMILES string of the molecule is C1=c2ccccc2=CC2C1c1cc3ccccc3cc1N2c1nc2sc3ccccc3c2nc1-c1ccc2c(c1)sc1ccccc12. The largest absolute Gasteiger partial charge is 0.316 e. The van der Waals surface area contributed by atoms with Gasteiger partial charge in [-0.15, -0.1) is 22.7 Å². The topological polar surface area (TPSA) is 29.0 Å². The fourth-order valence-electron chi connectivity index (χ4n) is 7.79. The van der Waals surface area contributed by atoms with Crippen molar-refractivity contribution < 1.29 is 0 Å². The van der Waals surface area contributed by atoms with Crippen LogP contribution in [0.4, 0.5) is 11.5 Å². The van der Waals surface area contributed by atoms with Crippen molar-refractivity contribution in [1.82, 2.24) is 9.97 Å². The van der Waals surface area contributed by atoms with Crippen molar-refractivity contribution in [3.05, 3.63) is 143 Å². The molecule has 4 heterocycles. The highest BCUT2D eigenvalue weighted by Crippen LogP contribution is 2.51. The predicted octanol–water partition coefficient (Wildman–Crippen LogP) is 9.91. The van der Waals surface area contributed by atoms with Gasteiger partial charge in [-0.3, -0.25) is 0 Å². The first-order chi connectivity index (χ1) is 23.3. The highest BCUT2D eigenvalue weighted by molar-refractivity contribution is 7.26. The van der Waals surface area contributed by atoms with Crippen LogP contribution in [0.5, 0.6) is 0 Å². The molecule has 0 bridgehead atoms. The van der Waals surface area contributed by atoms with E-state index in [1.165, 1.54) is 57.3 Å². The molecular weight excluding hydrogens is 611 g/mol. The number of hydrogen-bond acceptors (Lipinski definition) is 5. The standard InChI is InChI=1S/C42H25N3S2/c1-3-11-26-21-34-32(19-24(26)9-1)33-20-25-10-2-4-12-27(25)22-35(33)45(34)41-39(43-40-31-14-6-8-16-37(31)47-42(40)44-41)28-17-18-30-29-13-5-7-15-36(29)46-38(30)23-28/h1-23,32,34H. The van der Waals surface area contributed by atoms with Crippen LogP contribution in [0.25, 0.3) is 74.8 Å². The van der Waals surface area contributed by atoms with Crippen molar-refractivity contribution in [1.29, 1.82) is 0 Å². The lowest BCUT2D eigenvalue weighted by Gasteiger charge is -2.29. The zero-order valence-corrected chi connectivity index (χ0v) is 26.7. The normalized spacial score (nSPS) is 16.8. The third-order valence-electron chi connectivity index (χ3n) is 9.96. The zero-order chi connectivity index (χ0) is 30.6. The minimum Gasteiger partial charge on any atom is -0.316 e. The van der Waals surface area contributed by atoms with Gasteiger partial charge in [-0.05, 0) is 57.1 Å². The molecule has 3 nitrogen and oxygen atoms in total. The van der Waals surface area contributed by atoms with Gasteiger partial charge in [-0.25, -0.2) is 9.97 Å². The number of aromatic nitrogens is 2. The molecule has 0 radical (unpaired) electrons. The molecule has 6 aromatic carbocycles. The molecule has 0 amide bonds. The van der Waals surface area contributed by atoms with Crippen LogP contribution in [0, 0.1) is 0 Å². The number of thiophene rings is 2. The second-order valence-corrected chi connectivity index (χ2v) is 14.7. The Balaban J connectivity index is 1.23. The summed E-state index contributed by atoms with van der Waals surface area (Å²) in [7, 11) is 0. The summed E-state index contributed by atoms with van der Waals surface area (Å²) in [5, 5.41) is 8.80. The zero-order valence-electron chi connectivity index (χ0n) is 25.1. The first kappa shape index (κ1) is 25.8. The molecule has 47 heavy (non-hydrogen) atoms. The van der Waals surface area contributed by atoms with E-state index in [2.05, 4.69) is 144 Å². The summed E-state index contributed by atoms with van der Waals surface area (Å²) in [5.41, 5.74) is 5.53. The van der Waals surface area contributed by atoms with E-state index in [0.717, 1.165) is 32.8 Å². The molecule has 1 aliphatic heterocycles. The number of anilines is 2. The van der Waals surface area contributed by atoms with E-state index >= 15 is 0 Å². The van der Waals surface area contributed by atoms with Gasteiger partial charge in [0, 0.05) is 47.4 Å². The highest BCUT2D eigenvalue weighted by atomic mass is 32.1. The van der Waals surface area contributed by atoms with Crippen molar-refractivity contribution in [2.75, 3.05) is 4.90 Å². The van der Waals surface area contributed by atoms with Crippen LogP contribution in [-0.2, 0) is 0 Å². The van der Waals surface area contributed by atoms with Gasteiger partial charge in [-0.1, -0.05) is 109 Å². The summed E-state index contributed by atoms with van der Waals surface area (Å²) in [4.78, 5) is 14.6. The second-order valence-electron chi connectivity index (χ2n) is 12.6. The molecule has 11 rings (SSSR count). The average molecular weight is 636 g/mol. The molecule has 2 aliphatic rings. The lowest BCUT2D eigenvalue weighted by Crippen LogP contribution is -2.38. The van der Waals surface area contributed by atoms with Gasteiger partial charge in [0.15, 0.2) is 5.82 Å². The minimum atomic E-state index is 0.0737. The first-order valence-corrected chi connectivity index (χ1v) is 17.6. The van der Waals surface area contributed by atoms with Gasteiger partial charge in [0.05, 0.1) is 6.04 Å². The minimum absolute atomic E-state index is 0.0737. The molecule has 9 aromatic rings. The van der Waals surface area contributed by atoms with Gasteiger partial charge >= 0.3 is 0 Å². The number of nitrogens with zero attached hydrogens (tertiary/aromatic N) is 3. The third kappa shape index (κ3) is 3.72. The fourth-order valence-corrected chi connectivity index (χ4v) is 9.95. The molecule has 5 heteroatoms. The molecule has 220 valence electrons. The maximum absolute atomic E-state index is 5.57. The third-order valence-corrected chi connectivity index (χ3v) is 12.1. The predicted molar refractivity (Wildman–Crippen MR) is 200 cm³/mol. The first-order valence-electron chi connectivity index (χ1n) is 16.0. The summed E-state index contributed by atoms with van der Waals surface area (Å²) >= 11 is 3.58. The van der Waals surface area contributed by atoms with Gasteiger partial charge in [0.1, 0.15) is 16.0 Å². The summed E-state index contributed by atoms with van der Waals surface area (Å²) in [5.74, 6) is 1.11. The lowest BCUT2D eigenvalue weighted by atomic mass is 9.88. The van der Waals surface area contributed by atoms with E-state index in [0.29, 0.717) is 0 Å². The number of benzene rings is 6. The summed E-state index contributed by atoms with van der Waals surface area (Å²) < 4.78 is 3.78. The summed E-state index contributed by atoms with van der Waals surface area (Å²) in [6.07, 6.45) is 4.91. The quantitative estimate of drug-likeness (QED) is 0.189. The molecule has 0 spiro atoms. The Labute approximate surface area is 278 Å².